The normalized spacial score (nSPS) is 16.6. The van der Waals surface area contributed by atoms with Gasteiger partial charge in [-0.15, -0.1) is 0 Å². The van der Waals surface area contributed by atoms with Crippen LogP contribution in [-0.2, 0) is 10.3 Å². The number of hydrogen-bond donors (Lipinski definition) is 2. The molecule has 1 aliphatic rings. The zero-order chi connectivity index (χ0) is 15.8. The molecule has 0 bridgehead atoms. The van der Waals surface area contributed by atoms with Crippen LogP contribution in [0.5, 0.6) is 0 Å². The minimum atomic E-state index is -0.976. The summed E-state index contributed by atoms with van der Waals surface area (Å²) in [5.74, 6) is -0.906. The van der Waals surface area contributed by atoms with Gasteiger partial charge in [0, 0.05) is 5.69 Å². The van der Waals surface area contributed by atoms with Crippen molar-refractivity contribution in [2.75, 3.05) is 0 Å². The molecule has 1 unspecified atom stereocenters. The van der Waals surface area contributed by atoms with Crippen LogP contribution in [0.2, 0.25) is 0 Å². The standard InChI is InChI=1S/C15H23N3O3/c1-9-11(8-16-18(9)15(2,3)4)13(19)17-12(14(20)21)7-10-5-6-10/h8,10,12H,5-7H2,1-4H3,(H,17,19)(H,20,21). The number of rotatable bonds is 5. The number of nitrogens with zero attached hydrogens (tertiary/aromatic N) is 2. The van der Waals surface area contributed by atoms with Crippen molar-refractivity contribution in [3.05, 3.63) is 17.5 Å². The molecule has 6 heteroatoms. The Hall–Kier alpha value is -1.85. The molecule has 1 heterocycles. The fourth-order valence-corrected chi connectivity index (χ4v) is 2.45. The van der Waals surface area contributed by atoms with E-state index in [1.165, 1.54) is 6.20 Å². The summed E-state index contributed by atoms with van der Waals surface area (Å²) in [6.07, 6.45) is 4.13. The second-order valence-corrected chi connectivity index (χ2v) is 6.77. The van der Waals surface area contributed by atoms with Gasteiger partial charge in [0.05, 0.1) is 17.3 Å². The van der Waals surface area contributed by atoms with Gasteiger partial charge in [-0.25, -0.2) is 4.79 Å². The van der Waals surface area contributed by atoms with Crippen molar-refractivity contribution in [1.29, 1.82) is 0 Å². The minimum Gasteiger partial charge on any atom is -0.480 e. The molecule has 0 aromatic carbocycles. The highest BCUT2D eigenvalue weighted by Gasteiger charge is 2.31. The van der Waals surface area contributed by atoms with Crippen LogP contribution in [-0.4, -0.2) is 32.8 Å². The van der Waals surface area contributed by atoms with Gasteiger partial charge < -0.3 is 10.4 Å². The second kappa shape index (κ2) is 5.50. The molecule has 6 nitrogen and oxygen atoms in total. The summed E-state index contributed by atoms with van der Waals surface area (Å²) in [6.45, 7) is 7.83. The lowest BCUT2D eigenvalue weighted by Gasteiger charge is -2.21. The topological polar surface area (TPSA) is 84.2 Å². The van der Waals surface area contributed by atoms with Crippen molar-refractivity contribution in [3.8, 4) is 0 Å². The number of carboxylic acid groups (broad SMARTS) is 1. The van der Waals surface area contributed by atoms with Gasteiger partial charge in [-0.2, -0.15) is 5.10 Å². The molecule has 1 atom stereocenters. The maximum atomic E-state index is 12.3. The minimum absolute atomic E-state index is 0.219. The first-order valence-corrected chi connectivity index (χ1v) is 7.29. The zero-order valence-electron chi connectivity index (χ0n) is 13.0. The van der Waals surface area contributed by atoms with E-state index in [9.17, 15) is 14.7 Å². The van der Waals surface area contributed by atoms with Gasteiger partial charge in [0.15, 0.2) is 0 Å². The molecule has 2 rings (SSSR count). The van der Waals surface area contributed by atoms with Crippen molar-refractivity contribution >= 4 is 11.9 Å². The van der Waals surface area contributed by atoms with Crippen molar-refractivity contribution in [2.24, 2.45) is 5.92 Å². The van der Waals surface area contributed by atoms with Crippen LogP contribution in [0.1, 0.15) is 56.1 Å². The first-order chi connectivity index (χ1) is 9.70. The maximum Gasteiger partial charge on any atom is 0.326 e. The molecule has 1 saturated carbocycles. The Kier molecular flexibility index (Phi) is 4.07. The monoisotopic (exact) mass is 293 g/mol. The smallest absolute Gasteiger partial charge is 0.326 e. The molecule has 21 heavy (non-hydrogen) atoms. The molecular weight excluding hydrogens is 270 g/mol. The van der Waals surface area contributed by atoms with Gasteiger partial charge in [0.25, 0.3) is 5.91 Å². The van der Waals surface area contributed by atoms with Gasteiger partial charge in [0.1, 0.15) is 6.04 Å². The van der Waals surface area contributed by atoms with Gasteiger partial charge in [-0.3, -0.25) is 9.48 Å². The van der Waals surface area contributed by atoms with E-state index >= 15 is 0 Å². The Bertz CT molecular complexity index is 553. The molecule has 0 spiro atoms. The van der Waals surface area contributed by atoms with Crippen LogP contribution in [0.25, 0.3) is 0 Å². The van der Waals surface area contributed by atoms with Gasteiger partial charge in [-0.05, 0) is 40.0 Å². The Balaban J connectivity index is 2.12. The van der Waals surface area contributed by atoms with Crippen molar-refractivity contribution in [1.82, 2.24) is 15.1 Å². The van der Waals surface area contributed by atoms with Crippen molar-refractivity contribution < 1.29 is 14.7 Å². The van der Waals surface area contributed by atoms with Crippen LogP contribution in [0, 0.1) is 12.8 Å². The molecule has 0 saturated heterocycles. The number of aliphatic carboxylic acids is 1. The Labute approximate surface area is 124 Å². The number of amides is 1. The molecule has 116 valence electrons. The van der Waals surface area contributed by atoms with Crippen LogP contribution < -0.4 is 5.32 Å². The van der Waals surface area contributed by atoms with Gasteiger partial charge in [0.2, 0.25) is 0 Å². The lowest BCUT2D eigenvalue weighted by atomic mass is 10.1. The zero-order valence-corrected chi connectivity index (χ0v) is 13.0. The van der Waals surface area contributed by atoms with Crippen LogP contribution >= 0.6 is 0 Å². The number of carbonyl (C=O) groups is 2. The highest BCUT2D eigenvalue weighted by atomic mass is 16.4. The molecule has 1 aliphatic carbocycles. The third kappa shape index (κ3) is 3.62. The molecule has 1 aromatic rings. The summed E-state index contributed by atoms with van der Waals surface area (Å²) in [7, 11) is 0. The molecule has 1 aromatic heterocycles. The quantitative estimate of drug-likeness (QED) is 0.868. The van der Waals surface area contributed by atoms with Crippen molar-refractivity contribution in [2.45, 2.75) is 58.5 Å². The van der Waals surface area contributed by atoms with E-state index in [1.807, 2.05) is 27.7 Å². The van der Waals surface area contributed by atoms with Gasteiger partial charge >= 0.3 is 5.97 Å². The summed E-state index contributed by atoms with van der Waals surface area (Å²) in [6, 6.07) is -0.817. The van der Waals surface area contributed by atoms with E-state index in [0.29, 0.717) is 17.9 Å². The maximum absolute atomic E-state index is 12.3. The van der Waals surface area contributed by atoms with Crippen LogP contribution in [0.3, 0.4) is 0 Å². The second-order valence-electron chi connectivity index (χ2n) is 6.77. The summed E-state index contributed by atoms with van der Waals surface area (Å²) < 4.78 is 1.78. The largest absolute Gasteiger partial charge is 0.480 e. The van der Waals surface area contributed by atoms with Crippen LogP contribution in [0.4, 0.5) is 0 Å². The lowest BCUT2D eigenvalue weighted by molar-refractivity contribution is -0.139. The van der Waals surface area contributed by atoms with E-state index in [1.54, 1.807) is 4.68 Å². The molecule has 1 amide bonds. The predicted octanol–water partition coefficient (Wildman–Crippen LogP) is 1.93. The highest BCUT2D eigenvalue weighted by molar-refractivity contribution is 5.97. The van der Waals surface area contributed by atoms with Gasteiger partial charge in [-0.1, -0.05) is 12.8 Å². The number of hydrogen-bond acceptors (Lipinski definition) is 3. The number of nitrogens with one attached hydrogen (secondary N) is 1. The van der Waals surface area contributed by atoms with Crippen LogP contribution in [0.15, 0.2) is 6.20 Å². The first-order valence-electron chi connectivity index (χ1n) is 7.29. The van der Waals surface area contributed by atoms with E-state index in [2.05, 4.69) is 10.4 Å². The number of carbonyl (C=O) groups excluding carboxylic acids is 1. The Morgan fingerprint density at radius 1 is 1.48 bits per heavy atom. The summed E-state index contributed by atoms with van der Waals surface area (Å²) >= 11 is 0. The lowest BCUT2D eigenvalue weighted by Crippen LogP contribution is -2.41. The third-order valence-electron chi connectivity index (χ3n) is 3.76. The summed E-state index contributed by atoms with van der Waals surface area (Å²) in [5.41, 5.74) is 0.963. The Morgan fingerprint density at radius 2 is 2.10 bits per heavy atom. The van der Waals surface area contributed by atoms with E-state index in [0.717, 1.165) is 18.5 Å². The van der Waals surface area contributed by atoms with E-state index < -0.39 is 12.0 Å². The average Bonchev–Trinajstić information content (AvgIpc) is 3.07. The molecule has 0 radical (unpaired) electrons. The summed E-state index contributed by atoms with van der Waals surface area (Å²) in [5, 5.41) is 16.1. The number of carboxylic acids is 1. The SMILES string of the molecule is Cc1c(C(=O)NC(CC2CC2)C(=O)O)cnn1C(C)(C)C. The number of aromatic nitrogens is 2. The predicted molar refractivity (Wildman–Crippen MR) is 78.2 cm³/mol. The van der Waals surface area contributed by atoms with E-state index in [4.69, 9.17) is 0 Å². The molecule has 0 aliphatic heterocycles. The average molecular weight is 293 g/mol. The molecule has 2 N–H and O–H groups in total. The fourth-order valence-electron chi connectivity index (χ4n) is 2.45. The first kappa shape index (κ1) is 15.5. The van der Waals surface area contributed by atoms with Crippen molar-refractivity contribution in [3.63, 3.8) is 0 Å². The fraction of sp³-hybridized carbons (Fsp3) is 0.667. The Morgan fingerprint density at radius 3 is 2.52 bits per heavy atom. The summed E-state index contributed by atoms with van der Waals surface area (Å²) in [4.78, 5) is 23.5. The third-order valence-corrected chi connectivity index (χ3v) is 3.76. The van der Waals surface area contributed by atoms with E-state index in [-0.39, 0.29) is 11.4 Å². The molecular formula is C15H23N3O3. The highest BCUT2D eigenvalue weighted by Crippen LogP contribution is 2.33. The molecule has 1 fully saturated rings.